The molecule has 1 fully saturated rings. The van der Waals surface area contributed by atoms with Crippen LogP contribution in [0.5, 0.6) is 0 Å². The first-order valence-electron chi connectivity index (χ1n) is 11.1. The van der Waals surface area contributed by atoms with Crippen LogP contribution in [0.15, 0.2) is 0 Å². The number of methoxy groups -OCH3 is 1. The van der Waals surface area contributed by atoms with Gasteiger partial charge in [-0.15, -0.1) is 0 Å². The molecule has 188 valence electrons. The molecule has 8 nitrogen and oxygen atoms in total. The van der Waals surface area contributed by atoms with Crippen LogP contribution in [0.1, 0.15) is 58.3 Å². The Balaban J connectivity index is 2.57. The molecular formula is C21H36F3NO7. The van der Waals surface area contributed by atoms with E-state index in [1.165, 1.54) is 32.8 Å². The minimum absolute atomic E-state index is 0.101. The highest BCUT2D eigenvalue weighted by Crippen LogP contribution is 2.27. The third-order valence-corrected chi connectivity index (χ3v) is 5.21. The Hall–Kier alpha value is -1.43. The first kappa shape index (κ1) is 28.6. The van der Waals surface area contributed by atoms with Crippen molar-refractivity contribution >= 4 is 11.9 Å². The molecule has 0 spiro atoms. The molecule has 0 saturated carbocycles. The molecule has 1 saturated heterocycles. The van der Waals surface area contributed by atoms with Gasteiger partial charge in [0, 0.05) is 7.11 Å². The van der Waals surface area contributed by atoms with Gasteiger partial charge < -0.3 is 29.4 Å². The molecule has 2 N–H and O–H groups in total. The third kappa shape index (κ3) is 10.5. The molecule has 4 atom stereocenters. The molecule has 1 aliphatic rings. The molecular weight excluding hydrogens is 435 g/mol. The van der Waals surface area contributed by atoms with Gasteiger partial charge in [0.25, 0.3) is 0 Å². The SMILES string of the molecule is CCCCCCCCC[C@@H]1OC[C@@H](OCCOC(=O)C(F)(F)F)[C@@H](OC)[C@@H]1OC(=O)CN. The molecule has 1 heterocycles. The number of halogens is 3. The lowest BCUT2D eigenvalue weighted by Crippen LogP contribution is -2.56. The summed E-state index contributed by atoms with van der Waals surface area (Å²) in [5, 5.41) is 0. The highest BCUT2D eigenvalue weighted by molar-refractivity contribution is 5.75. The van der Waals surface area contributed by atoms with Gasteiger partial charge in [-0.2, -0.15) is 13.2 Å². The van der Waals surface area contributed by atoms with E-state index in [4.69, 9.17) is 24.7 Å². The summed E-state index contributed by atoms with van der Waals surface area (Å²) in [5.41, 5.74) is 5.37. The number of carbonyl (C=O) groups is 2. The number of carbonyl (C=O) groups excluding carboxylic acids is 2. The number of unbranched alkanes of at least 4 members (excludes halogenated alkanes) is 6. The highest BCUT2D eigenvalue weighted by atomic mass is 19.4. The largest absolute Gasteiger partial charge is 0.490 e. The molecule has 0 radical (unpaired) electrons. The number of esters is 2. The Labute approximate surface area is 187 Å². The lowest BCUT2D eigenvalue weighted by Gasteiger charge is -2.41. The van der Waals surface area contributed by atoms with E-state index in [2.05, 4.69) is 11.7 Å². The van der Waals surface area contributed by atoms with Crippen molar-refractivity contribution in [2.75, 3.05) is 33.5 Å². The van der Waals surface area contributed by atoms with Gasteiger partial charge in [-0.1, -0.05) is 51.9 Å². The quantitative estimate of drug-likeness (QED) is 0.287. The van der Waals surface area contributed by atoms with Crippen molar-refractivity contribution < 1.29 is 46.4 Å². The van der Waals surface area contributed by atoms with E-state index in [0.29, 0.717) is 6.42 Å². The molecule has 32 heavy (non-hydrogen) atoms. The first-order chi connectivity index (χ1) is 15.2. The van der Waals surface area contributed by atoms with Crippen molar-refractivity contribution in [2.45, 2.75) is 88.9 Å². The van der Waals surface area contributed by atoms with Crippen LogP contribution in [0.25, 0.3) is 0 Å². The van der Waals surface area contributed by atoms with E-state index in [9.17, 15) is 22.8 Å². The van der Waals surface area contributed by atoms with Gasteiger partial charge in [-0.3, -0.25) is 4.79 Å². The van der Waals surface area contributed by atoms with Crippen LogP contribution in [-0.2, 0) is 33.3 Å². The van der Waals surface area contributed by atoms with E-state index in [0.717, 1.165) is 19.3 Å². The fourth-order valence-corrected chi connectivity index (χ4v) is 3.57. The van der Waals surface area contributed by atoms with Crippen LogP contribution >= 0.6 is 0 Å². The highest BCUT2D eigenvalue weighted by Gasteiger charge is 2.44. The van der Waals surface area contributed by atoms with Crippen molar-refractivity contribution in [3.8, 4) is 0 Å². The van der Waals surface area contributed by atoms with Crippen molar-refractivity contribution in [2.24, 2.45) is 5.73 Å². The number of hydrogen-bond acceptors (Lipinski definition) is 8. The zero-order valence-electron chi connectivity index (χ0n) is 18.9. The standard InChI is InChI=1S/C21H36F3NO7/c1-3-4-5-6-7-8-9-10-15-19(32-17(26)13-25)18(28-2)16(14-31-15)29-11-12-30-20(27)21(22,23)24/h15-16,18-19H,3-14,25H2,1-2H3/t15-,16+,18+,19+/m0/s1. The minimum atomic E-state index is -5.06. The normalized spacial score (nSPS) is 23.7. The number of alkyl halides is 3. The van der Waals surface area contributed by atoms with Crippen molar-refractivity contribution in [1.29, 1.82) is 0 Å². The molecule has 0 unspecified atom stereocenters. The molecule has 0 bridgehead atoms. The van der Waals surface area contributed by atoms with E-state index in [1.807, 2.05) is 0 Å². The van der Waals surface area contributed by atoms with Gasteiger partial charge in [0.1, 0.15) is 18.8 Å². The van der Waals surface area contributed by atoms with Gasteiger partial charge in [0.2, 0.25) is 0 Å². The maximum absolute atomic E-state index is 12.2. The second-order valence-electron chi connectivity index (χ2n) is 7.68. The molecule has 0 amide bonds. The Morgan fingerprint density at radius 2 is 1.69 bits per heavy atom. The monoisotopic (exact) mass is 471 g/mol. The molecule has 1 rings (SSSR count). The van der Waals surface area contributed by atoms with Crippen molar-refractivity contribution in [1.82, 2.24) is 0 Å². The topological polar surface area (TPSA) is 106 Å². The van der Waals surface area contributed by atoms with Crippen LogP contribution in [0.2, 0.25) is 0 Å². The number of rotatable bonds is 15. The Morgan fingerprint density at radius 3 is 2.28 bits per heavy atom. The van der Waals surface area contributed by atoms with Gasteiger partial charge in [-0.25, -0.2) is 4.79 Å². The summed E-state index contributed by atoms with van der Waals surface area (Å²) in [4.78, 5) is 22.6. The summed E-state index contributed by atoms with van der Waals surface area (Å²) in [6, 6.07) is 0. The summed E-state index contributed by atoms with van der Waals surface area (Å²) < 4.78 is 63.0. The van der Waals surface area contributed by atoms with Gasteiger partial charge in [-0.05, 0) is 6.42 Å². The summed E-state index contributed by atoms with van der Waals surface area (Å²) >= 11 is 0. The summed E-state index contributed by atoms with van der Waals surface area (Å²) in [7, 11) is 1.42. The lowest BCUT2D eigenvalue weighted by atomic mass is 9.95. The maximum Gasteiger partial charge on any atom is 0.490 e. The van der Waals surface area contributed by atoms with Gasteiger partial charge in [0.15, 0.2) is 6.10 Å². The van der Waals surface area contributed by atoms with E-state index in [1.54, 1.807) is 0 Å². The third-order valence-electron chi connectivity index (χ3n) is 5.21. The molecule has 0 aromatic rings. The second-order valence-corrected chi connectivity index (χ2v) is 7.68. The van der Waals surface area contributed by atoms with E-state index in [-0.39, 0.29) is 19.8 Å². The first-order valence-corrected chi connectivity index (χ1v) is 11.1. The Kier molecular flexibility index (Phi) is 13.8. The lowest BCUT2D eigenvalue weighted by molar-refractivity contribution is -0.227. The van der Waals surface area contributed by atoms with Crippen LogP contribution in [-0.4, -0.2) is 76.0 Å². The van der Waals surface area contributed by atoms with Crippen LogP contribution in [0.3, 0.4) is 0 Å². The van der Waals surface area contributed by atoms with Crippen molar-refractivity contribution in [3.63, 3.8) is 0 Å². The predicted molar refractivity (Wildman–Crippen MR) is 109 cm³/mol. The average Bonchev–Trinajstić information content (AvgIpc) is 2.76. The molecule has 0 aliphatic carbocycles. The molecule has 0 aromatic heterocycles. The van der Waals surface area contributed by atoms with Gasteiger partial charge >= 0.3 is 18.1 Å². The van der Waals surface area contributed by atoms with Crippen LogP contribution in [0.4, 0.5) is 13.2 Å². The average molecular weight is 472 g/mol. The predicted octanol–water partition coefficient (Wildman–Crippen LogP) is 2.90. The molecule has 0 aromatic carbocycles. The van der Waals surface area contributed by atoms with E-state index < -0.39 is 49.1 Å². The smallest absolute Gasteiger partial charge is 0.457 e. The fraction of sp³-hybridized carbons (Fsp3) is 0.905. The summed E-state index contributed by atoms with van der Waals surface area (Å²) in [5.74, 6) is -2.90. The second kappa shape index (κ2) is 15.4. The zero-order valence-corrected chi connectivity index (χ0v) is 18.9. The maximum atomic E-state index is 12.2. The molecule has 11 heteroatoms. The minimum Gasteiger partial charge on any atom is -0.457 e. The number of nitrogens with two attached hydrogens (primary N) is 1. The zero-order chi connectivity index (χ0) is 24.0. The number of ether oxygens (including phenoxy) is 5. The summed E-state index contributed by atoms with van der Waals surface area (Å²) in [6.45, 7) is 1.08. The molecule has 1 aliphatic heterocycles. The van der Waals surface area contributed by atoms with Gasteiger partial charge in [0.05, 0.1) is 25.9 Å². The Bertz CT molecular complexity index is 548. The van der Waals surface area contributed by atoms with E-state index >= 15 is 0 Å². The summed E-state index contributed by atoms with van der Waals surface area (Å²) in [6.07, 6.45) is 0.865. The van der Waals surface area contributed by atoms with Crippen LogP contribution in [0, 0.1) is 0 Å². The Morgan fingerprint density at radius 1 is 1.03 bits per heavy atom. The fourth-order valence-electron chi connectivity index (χ4n) is 3.57. The number of hydrogen-bond donors (Lipinski definition) is 1. The van der Waals surface area contributed by atoms with Crippen LogP contribution < -0.4 is 5.73 Å². The van der Waals surface area contributed by atoms with Crippen molar-refractivity contribution in [3.05, 3.63) is 0 Å².